The van der Waals surface area contributed by atoms with Gasteiger partial charge in [0.1, 0.15) is 6.54 Å². The molecular weight excluding hydrogens is 379 g/mol. The second-order valence-corrected chi connectivity index (χ2v) is 5.23. The molecule has 1 aliphatic rings. The maximum absolute atomic E-state index is 5.95. The van der Waals surface area contributed by atoms with Crippen molar-refractivity contribution in [1.82, 2.24) is 19.9 Å². The highest BCUT2D eigenvalue weighted by molar-refractivity contribution is 14.0. The van der Waals surface area contributed by atoms with Crippen LogP contribution in [0, 0.1) is 0 Å². The number of aliphatic imine (C=N–C) groups is 1. The van der Waals surface area contributed by atoms with Crippen molar-refractivity contribution in [2.45, 2.75) is 44.7 Å². The summed E-state index contributed by atoms with van der Waals surface area (Å²) in [7, 11) is 0. The summed E-state index contributed by atoms with van der Waals surface area (Å²) in [6.45, 7) is 0.441. The number of rotatable bonds is 3. The molecule has 2 heterocycles. The van der Waals surface area contributed by atoms with E-state index in [1.54, 1.807) is 0 Å². The first-order chi connectivity index (χ1) is 9.83. The maximum atomic E-state index is 5.95. The van der Waals surface area contributed by atoms with Crippen LogP contribution in [0.25, 0.3) is 5.65 Å². The summed E-state index contributed by atoms with van der Waals surface area (Å²) in [6, 6.07) is 6.29. The smallest absolute Gasteiger partial charge is 0.189 e. The van der Waals surface area contributed by atoms with Crippen LogP contribution >= 0.6 is 24.0 Å². The van der Waals surface area contributed by atoms with Crippen molar-refractivity contribution in [2.24, 2.45) is 10.7 Å². The summed E-state index contributed by atoms with van der Waals surface area (Å²) in [4.78, 5) is 4.37. The van der Waals surface area contributed by atoms with Crippen LogP contribution in [0.5, 0.6) is 0 Å². The molecule has 0 bridgehead atoms. The molecule has 0 aliphatic heterocycles. The van der Waals surface area contributed by atoms with E-state index in [9.17, 15) is 0 Å². The molecule has 3 rings (SSSR count). The lowest BCUT2D eigenvalue weighted by Gasteiger charge is -2.23. The molecule has 2 aromatic rings. The molecule has 1 fully saturated rings. The van der Waals surface area contributed by atoms with Crippen LogP contribution in [-0.2, 0) is 6.54 Å². The van der Waals surface area contributed by atoms with Gasteiger partial charge in [0.25, 0.3) is 0 Å². The van der Waals surface area contributed by atoms with Crippen molar-refractivity contribution in [3.8, 4) is 0 Å². The number of halogens is 1. The summed E-state index contributed by atoms with van der Waals surface area (Å²) < 4.78 is 1.93. The van der Waals surface area contributed by atoms with Crippen molar-refractivity contribution >= 4 is 35.6 Å². The standard InChI is InChI=1S/C14H20N6.HI/c15-14(17-11-6-2-1-3-7-11)16-10-13-19-18-12-8-4-5-9-20(12)13;/h4-5,8-9,11H,1-3,6-7,10H2,(H3,15,16,17);1H. The normalized spacial score (nSPS) is 16.7. The Morgan fingerprint density at radius 2 is 2.10 bits per heavy atom. The van der Waals surface area contributed by atoms with Gasteiger partial charge in [-0.05, 0) is 25.0 Å². The summed E-state index contributed by atoms with van der Waals surface area (Å²) in [5.41, 5.74) is 6.78. The van der Waals surface area contributed by atoms with Gasteiger partial charge < -0.3 is 11.1 Å². The van der Waals surface area contributed by atoms with Crippen LogP contribution in [-0.4, -0.2) is 26.6 Å². The lowest BCUT2D eigenvalue weighted by Crippen LogP contribution is -2.41. The van der Waals surface area contributed by atoms with E-state index in [0.29, 0.717) is 18.5 Å². The van der Waals surface area contributed by atoms with Gasteiger partial charge >= 0.3 is 0 Å². The van der Waals surface area contributed by atoms with Crippen molar-refractivity contribution < 1.29 is 0 Å². The molecule has 21 heavy (non-hydrogen) atoms. The Morgan fingerprint density at radius 1 is 1.29 bits per heavy atom. The zero-order valence-corrected chi connectivity index (χ0v) is 14.2. The molecular formula is C14H21IN6. The van der Waals surface area contributed by atoms with E-state index in [0.717, 1.165) is 11.5 Å². The first-order valence-corrected chi connectivity index (χ1v) is 7.18. The number of nitrogens with two attached hydrogens (primary N) is 1. The Balaban J connectivity index is 0.00000161. The highest BCUT2D eigenvalue weighted by Gasteiger charge is 2.13. The number of fused-ring (bicyclic) bond motifs is 1. The van der Waals surface area contributed by atoms with Gasteiger partial charge in [-0.2, -0.15) is 0 Å². The molecule has 1 aliphatic carbocycles. The quantitative estimate of drug-likeness (QED) is 0.470. The number of guanidine groups is 1. The Kier molecular flexibility index (Phi) is 5.77. The molecule has 0 unspecified atom stereocenters. The molecule has 0 atom stereocenters. The lowest BCUT2D eigenvalue weighted by atomic mass is 9.96. The lowest BCUT2D eigenvalue weighted by molar-refractivity contribution is 0.412. The Labute approximate surface area is 141 Å². The summed E-state index contributed by atoms with van der Waals surface area (Å²) >= 11 is 0. The van der Waals surface area contributed by atoms with E-state index in [-0.39, 0.29) is 24.0 Å². The number of hydrogen-bond acceptors (Lipinski definition) is 3. The highest BCUT2D eigenvalue weighted by atomic mass is 127. The number of pyridine rings is 1. The average Bonchev–Trinajstić information content (AvgIpc) is 2.89. The first-order valence-electron chi connectivity index (χ1n) is 7.18. The van der Waals surface area contributed by atoms with Gasteiger partial charge in [0.15, 0.2) is 17.4 Å². The van der Waals surface area contributed by atoms with E-state index >= 15 is 0 Å². The van der Waals surface area contributed by atoms with E-state index < -0.39 is 0 Å². The summed E-state index contributed by atoms with van der Waals surface area (Å²) in [5, 5.41) is 11.5. The fourth-order valence-corrected chi connectivity index (χ4v) is 2.66. The number of nitrogens with zero attached hydrogens (tertiary/aromatic N) is 4. The van der Waals surface area contributed by atoms with E-state index in [2.05, 4.69) is 20.5 Å². The third kappa shape index (κ3) is 4.05. The molecule has 7 heteroatoms. The number of hydrogen-bond donors (Lipinski definition) is 2. The van der Waals surface area contributed by atoms with Gasteiger partial charge in [-0.25, -0.2) is 4.99 Å². The van der Waals surface area contributed by atoms with Gasteiger partial charge in [-0.1, -0.05) is 25.3 Å². The third-order valence-electron chi connectivity index (χ3n) is 3.73. The molecule has 0 radical (unpaired) electrons. The minimum absolute atomic E-state index is 0. The first kappa shape index (κ1) is 16.0. The highest BCUT2D eigenvalue weighted by Crippen LogP contribution is 2.17. The molecule has 2 aromatic heterocycles. The molecule has 0 saturated heterocycles. The van der Waals surface area contributed by atoms with Gasteiger partial charge in [0.2, 0.25) is 0 Å². The fraction of sp³-hybridized carbons (Fsp3) is 0.500. The molecule has 0 aromatic carbocycles. The minimum Gasteiger partial charge on any atom is -0.370 e. The zero-order chi connectivity index (χ0) is 13.8. The number of aromatic nitrogens is 3. The van der Waals surface area contributed by atoms with Crippen molar-refractivity contribution in [1.29, 1.82) is 0 Å². The molecule has 3 N–H and O–H groups in total. The van der Waals surface area contributed by atoms with E-state index in [1.165, 1.54) is 32.1 Å². The zero-order valence-electron chi connectivity index (χ0n) is 11.9. The van der Waals surface area contributed by atoms with Gasteiger partial charge in [-0.3, -0.25) is 4.40 Å². The molecule has 114 valence electrons. The van der Waals surface area contributed by atoms with Crippen LogP contribution < -0.4 is 11.1 Å². The average molecular weight is 400 g/mol. The topological polar surface area (TPSA) is 80.6 Å². The molecule has 1 saturated carbocycles. The maximum Gasteiger partial charge on any atom is 0.189 e. The van der Waals surface area contributed by atoms with Gasteiger partial charge in [0, 0.05) is 12.2 Å². The molecule has 6 nitrogen and oxygen atoms in total. The van der Waals surface area contributed by atoms with Crippen LogP contribution in [0.2, 0.25) is 0 Å². The number of nitrogens with one attached hydrogen (secondary N) is 1. The van der Waals surface area contributed by atoms with Gasteiger partial charge in [0.05, 0.1) is 0 Å². The van der Waals surface area contributed by atoms with E-state index in [1.807, 2.05) is 28.8 Å². The van der Waals surface area contributed by atoms with Crippen LogP contribution in [0.15, 0.2) is 29.4 Å². The Bertz CT molecular complexity index is 602. The van der Waals surface area contributed by atoms with E-state index in [4.69, 9.17) is 5.73 Å². The third-order valence-corrected chi connectivity index (χ3v) is 3.73. The minimum atomic E-state index is 0. The summed E-state index contributed by atoms with van der Waals surface area (Å²) in [5.74, 6) is 1.30. The van der Waals surface area contributed by atoms with Crippen LogP contribution in [0.1, 0.15) is 37.9 Å². The predicted molar refractivity (Wildman–Crippen MR) is 93.7 cm³/mol. The van der Waals surface area contributed by atoms with Crippen LogP contribution in [0.3, 0.4) is 0 Å². The monoisotopic (exact) mass is 400 g/mol. The second kappa shape index (κ2) is 7.58. The summed E-state index contributed by atoms with van der Waals surface area (Å²) in [6.07, 6.45) is 8.19. The predicted octanol–water partition coefficient (Wildman–Crippen LogP) is 2.08. The van der Waals surface area contributed by atoms with Crippen molar-refractivity contribution in [3.63, 3.8) is 0 Å². The Hall–Kier alpha value is -1.38. The fourth-order valence-electron chi connectivity index (χ4n) is 2.66. The second-order valence-electron chi connectivity index (χ2n) is 5.23. The van der Waals surface area contributed by atoms with Gasteiger partial charge in [-0.15, -0.1) is 34.2 Å². The van der Waals surface area contributed by atoms with Crippen molar-refractivity contribution in [3.05, 3.63) is 30.2 Å². The Morgan fingerprint density at radius 3 is 2.90 bits per heavy atom. The molecule has 0 spiro atoms. The SMILES string of the molecule is I.NC(=NCc1nnc2ccccn12)NC1CCCCC1. The van der Waals surface area contributed by atoms with Crippen molar-refractivity contribution in [2.75, 3.05) is 0 Å². The largest absolute Gasteiger partial charge is 0.370 e. The van der Waals surface area contributed by atoms with Crippen LogP contribution in [0.4, 0.5) is 0 Å². The molecule has 0 amide bonds.